The molecule has 5 heteroatoms. The highest BCUT2D eigenvalue weighted by Crippen LogP contribution is 2.21. The number of rotatable bonds is 7. The van der Waals surface area contributed by atoms with Crippen LogP contribution in [0.4, 0.5) is 0 Å². The Kier molecular flexibility index (Phi) is 6.95. The SMILES string of the molecule is CS(=O)(=O)c1ccc(/C=C/C(=O)CC(=O)/C=C/c2ccc3c(c2)CCCC=C3)cc1. The molecule has 0 spiro atoms. The zero-order valence-corrected chi connectivity index (χ0v) is 17.7. The quantitative estimate of drug-likeness (QED) is 0.481. The molecule has 2 aromatic rings. The Morgan fingerprint density at radius 3 is 2.23 bits per heavy atom. The summed E-state index contributed by atoms with van der Waals surface area (Å²) in [6.07, 6.45) is 14.6. The van der Waals surface area contributed by atoms with Crippen LogP contribution in [0.1, 0.15) is 41.5 Å². The Morgan fingerprint density at radius 2 is 1.57 bits per heavy atom. The van der Waals surface area contributed by atoms with Gasteiger partial charge in [0.05, 0.1) is 11.3 Å². The van der Waals surface area contributed by atoms with Gasteiger partial charge >= 0.3 is 0 Å². The fourth-order valence-corrected chi connectivity index (χ4v) is 3.85. The van der Waals surface area contributed by atoms with Gasteiger partial charge in [0.15, 0.2) is 21.4 Å². The monoisotopic (exact) mass is 420 g/mol. The fourth-order valence-electron chi connectivity index (χ4n) is 3.22. The summed E-state index contributed by atoms with van der Waals surface area (Å²) < 4.78 is 22.9. The van der Waals surface area contributed by atoms with Crippen LogP contribution in [0.2, 0.25) is 0 Å². The maximum Gasteiger partial charge on any atom is 0.175 e. The number of ketones is 2. The van der Waals surface area contributed by atoms with Crippen LogP contribution >= 0.6 is 0 Å². The predicted octanol–water partition coefficient (Wildman–Crippen LogP) is 4.69. The molecule has 0 aliphatic heterocycles. The van der Waals surface area contributed by atoms with Gasteiger partial charge in [-0.25, -0.2) is 8.42 Å². The Balaban J connectivity index is 1.57. The van der Waals surface area contributed by atoms with Crippen LogP contribution < -0.4 is 0 Å². The lowest BCUT2D eigenvalue weighted by Crippen LogP contribution is -2.02. The van der Waals surface area contributed by atoms with E-state index in [0.717, 1.165) is 31.1 Å². The molecule has 0 fully saturated rings. The minimum absolute atomic E-state index is 0.206. The van der Waals surface area contributed by atoms with Crippen LogP contribution in [0.25, 0.3) is 18.2 Å². The summed E-state index contributed by atoms with van der Waals surface area (Å²) in [5.41, 5.74) is 4.14. The van der Waals surface area contributed by atoms with Crippen molar-refractivity contribution in [3.8, 4) is 0 Å². The van der Waals surface area contributed by atoms with E-state index in [-0.39, 0.29) is 22.9 Å². The maximum atomic E-state index is 12.1. The normalized spacial score (nSPS) is 14.0. The molecule has 1 aliphatic rings. The van der Waals surface area contributed by atoms with Gasteiger partial charge in [0, 0.05) is 6.26 Å². The molecule has 3 rings (SSSR count). The summed E-state index contributed by atoms with van der Waals surface area (Å²) in [4.78, 5) is 24.4. The summed E-state index contributed by atoms with van der Waals surface area (Å²) in [6, 6.07) is 12.3. The van der Waals surface area contributed by atoms with Crippen molar-refractivity contribution in [2.24, 2.45) is 0 Å². The molecule has 30 heavy (non-hydrogen) atoms. The van der Waals surface area contributed by atoms with Crippen LogP contribution in [0.3, 0.4) is 0 Å². The fraction of sp³-hybridized carbons (Fsp3) is 0.200. The third-order valence-corrected chi connectivity index (χ3v) is 5.99. The maximum absolute atomic E-state index is 12.1. The Hall–Kier alpha value is -3.05. The van der Waals surface area contributed by atoms with Gasteiger partial charge in [0.25, 0.3) is 0 Å². The van der Waals surface area contributed by atoms with Gasteiger partial charge in [-0.3, -0.25) is 9.59 Å². The molecule has 0 saturated heterocycles. The number of carbonyl (C=O) groups excluding carboxylic acids is 2. The average molecular weight is 421 g/mol. The zero-order chi connectivity index (χ0) is 21.6. The van der Waals surface area contributed by atoms with E-state index in [9.17, 15) is 18.0 Å². The summed E-state index contributed by atoms with van der Waals surface area (Å²) >= 11 is 0. The highest BCUT2D eigenvalue weighted by Gasteiger charge is 2.07. The van der Waals surface area contributed by atoms with Crippen LogP contribution in [0.5, 0.6) is 0 Å². The lowest BCUT2D eigenvalue weighted by Gasteiger charge is -2.04. The molecule has 0 radical (unpaired) electrons. The minimum atomic E-state index is -3.25. The second-order valence-electron chi connectivity index (χ2n) is 7.37. The lowest BCUT2D eigenvalue weighted by molar-refractivity contribution is -0.121. The van der Waals surface area contributed by atoms with Crippen molar-refractivity contribution in [1.82, 2.24) is 0 Å². The number of fused-ring (bicyclic) bond motifs is 1. The number of benzene rings is 2. The largest absolute Gasteiger partial charge is 0.294 e. The number of aryl methyl sites for hydroxylation is 1. The first kappa shape index (κ1) is 21.7. The van der Waals surface area contributed by atoms with Gasteiger partial charge in [0.1, 0.15) is 0 Å². The van der Waals surface area contributed by atoms with Gasteiger partial charge in [-0.1, -0.05) is 54.6 Å². The highest BCUT2D eigenvalue weighted by atomic mass is 32.2. The molecule has 0 N–H and O–H groups in total. The van der Waals surface area contributed by atoms with E-state index in [4.69, 9.17) is 0 Å². The summed E-state index contributed by atoms with van der Waals surface area (Å²) in [5, 5.41) is 0. The summed E-state index contributed by atoms with van der Waals surface area (Å²) in [7, 11) is -3.25. The Morgan fingerprint density at radius 1 is 0.933 bits per heavy atom. The molecule has 4 nitrogen and oxygen atoms in total. The summed E-state index contributed by atoms with van der Waals surface area (Å²) in [6.45, 7) is 0. The molecular weight excluding hydrogens is 396 g/mol. The molecule has 0 bridgehead atoms. The van der Waals surface area contributed by atoms with Gasteiger partial charge in [0.2, 0.25) is 0 Å². The first-order valence-electron chi connectivity index (χ1n) is 9.83. The molecule has 0 atom stereocenters. The average Bonchev–Trinajstić information content (AvgIpc) is 2.95. The topological polar surface area (TPSA) is 68.3 Å². The zero-order valence-electron chi connectivity index (χ0n) is 16.9. The number of hydrogen-bond donors (Lipinski definition) is 0. The predicted molar refractivity (Wildman–Crippen MR) is 121 cm³/mol. The molecule has 0 aromatic heterocycles. The van der Waals surface area contributed by atoms with Crippen molar-refractivity contribution in [1.29, 1.82) is 0 Å². The third-order valence-electron chi connectivity index (χ3n) is 4.86. The second-order valence-corrected chi connectivity index (χ2v) is 9.39. The van der Waals surface area contributed by atoms with Crippen molar-refractivity contribution in [3.63, 3.8) is 0 Å². The number of carbonyl (C=O) groups is 2. The van der Waals surface area contributed by atoms with Crippen molar-refractivity contribution in [3.05, 3.63) is 82.9 Å². The van der Waals surface area contributed by atoms with Gasteiger partial charge < -0.3 is 0 Å². The number of allylic oxidation sites excluding steroid dienone is 3. The van der Waals surface area contributed by atoms with E-state index >= 15 is 0 Å². The first-order valence-corrected chi connectivity index (χ1v) is 11.7. The molecular formula is C25H24O4S. The van der Waals surface area contributed by atoms with Crippen molar-refractivity contribution in [2.75, 3.05) is 6.26 Å². The molecule has 0 amide bonds. The van der Waals surface area contributed by atoms with Gasteiger partial charge in [-0.2, -0.15) is 0 Å². The van der Waals surface area contributed by atoms with E-state index in [1.54, 1.807) is 24.3 Å². The number of sulfone groups is 1. The van der Waals surface area contributed by atoms with Crippen molar-refractivity contribution >= 4 is 39.6 Å². The molecule has 154 valence electrons. The van der Waals surface area contributed by atoms with Crippen LogP contribution in [0.15, 0.2) is 65.6 Å². The van der Waals surface area contributed by atoms with Crippen molar-refractivity contribution < 1.29 is 18.0 Å². The van der Waals surface area contributed by atoms with Gasteiger partial charge in [-0.05, 0) is 65.8 Å². The van der Waals surface area contributed by atoms with E-state index in [0.29, 0.717) is 5.56 Å². The Bertz CT molecular complexity index is 1130. The van der Waals surface area contributed by atoms with Crippen LogP contribution in [-0.4, -0.2) is 26.2 Å². The van der Waals surface area contributed by atoms with E-state index in [1.165, 1.54) is 35.4 Å². The van der Waals surface area contributed by atoms with E-state index < -0.39 is 9.84 Å². The van der Waals surface area contributed by atoms with Crippen LogP contribution in [0, 0.1) is 0 Å². The minimum Gasteiger partial charge on any atom is -0.294 e. The van der Waals surface area contributed by atoms with E-state index in [2.05, 4.69) is 24.3 Å². The second kappa shape index (κ2) is 9.63. The summed E-state index contributed by atoms with van der Waals surface area (Å²) in [5.74, 6) is -0.559. The molecule has 0 saturated carbocycles. The first-order chi connectivity index (χ1) is 14.3. The Labute approximate surface area is 177 Å². The molecule has 2 aromatic carbocycles. The number of hydrogen-bond acceptors (Lipinski definition) is 4. The smallest absolute Gasteiger partial charge is 0.175 e. The van der Waals surface area contributed by atoms with E-state index in [1.807, 2.05) is 6.07 Å². The molecule has 1 aliphatic carbocycles. The molecule has 0 unspecified atom stereocenters. The standard InChI is InChI=1S/C25H24O4S/c1-30(28,29)25-15-10-19(11-16-25)8-13-23(26)18-24(27)14-9-20-7-12-21-5-3-2-4-6-22(21)17-20/h3,5,7-17H,2,4,6,18H2,1H3/b13-8+,14-9+. The van der Waals surface area contributed by atoms with Crippen LogP contribution in [-0.2, 0) is 25.8 Å². The molecule has 0 heterocycles. The highest BCUT2D eigenvalue weighted by molar-refractivity contribution is 7.90. The third kappa shape index (κ3) is 6.22. The lowest BCUT2D eigenvalue weighted by atomic mass is 10.0. The van der Waals surface area contributed by atoms with Crippen molar-refractivity contribution in [2.45, 2.75) is 30.6 Å². The van der Waals surface area contributed by atoms with Gasteiger partial charge in [-0.15, -0.1) is 0 Å².